The molecule has 0 atom stereocenters. The van der Waals surface area contributed by atoms with Gasteiger partial charge in [0, 0.05) is 18.7 Å². The Morgan fingerprint density at radius 2 is 1.87 bits per heavy atom. The van der Waals surface area contributed by atoms with Gasteiger partial charge in [0.1, 0.15) is 5.82 Å². The smallest absolute Gasteiger partial charge is 0.378 e. The number of halogens is 4. The molecule has 0 saturated carbocycles. The largest absolute Gasteiger partial charge is 0.416 e. The van der Waals surface area contributed by atoms with E-state index in [0.29, 0.717) is 36.6 Å². The van der Waals surface area contributed by atoms with Crippen molar-refractivity contribution in [3.8, 4) is 5.69 Å². The highest BCUT2D eigenvalue weighted by Crippen LogP contribution is 2.30. The Bertz CT molecular complexity index is 1060. The van der Waals surface area contributed by atoms with E-state index in [-0.39, 0.29) is 18.1 Å². The monoisotopic (exact) mass is 420 g/mol. The van der Waals surface area contributed by atoms with E-state index in [2.05, 4.69) is 20.8 Å². The first-order valence-electron chi connectivity index (χ1n) is 9.11. The van der Waals surface area contributed by atoms with Gasteiger partial charge in [0.15, 0.2) is 5.82 Å². The van der Waals surface area contributed by atoms with Crippen molar-refractivity contribution < 1.29 is 22.4 Å². The second kappa shape index (κ2) is 7.73. The molecule has 2 heterocycles. The maximum absolute atomic E-state index is 14.4. The number of hydrogen-bond donors (Lipinski definition) is 1. The lowest BCUT2D eigenvalue weighted by Crippen LogP contribution is -2.24. The van der Waals surface area contributed by atoms with Crippen molar-refractivity contribution in [3.05, 3.63) is 59.7 Å². The summed E-state index contributed by atoms with van der Waals surface area (Å²) in [5.41, 5.74) is 0.271. The summed E-state index contributed by atoms with van der Waals surface area (Å²) in [5.74, 6) is -0.308. The van der Waals surface area contributed by atoms with E-state index >= 15 is 0 Å². The van der Waals surface area contributed by atoms with E-state index in [4.69, 9.17) is 0 Å². The summed E-state index contributed by atoms with van der Waals surface area (Å²) >= 11 is 0. The average Bonchev–Trinajstić information content (AvgIpc) is 3.35. The van der Waals surface area contributed by atoms with Gasteiger partial charge in [0.05, 0.1) is 23.5 Å². The Hall–Kier alpha value is -3.50. The van der Waals surface area contributed by atoms with Crippen LogP contribution < -0.4 is 10.2 Å². The number of aromatic nitrogens is 4. The minimum Gasteiger partial charge on any atom is -0.378 e. The summed E-state index contributed by atoms with van der Waals surface area (Å²) < 4.78 is 53.9. The molecule has 1 N–H and O–H groups in total. The van der Waals surface area contributed by atoms with Gasteiger partial charge >= 0.3 is 6.18 Å². The summed E-state index contributed by atoms with van der Waals surface area (Å²) in [5, 5.41) is 14.2. The van der Waals surface area contributed by atoms with Gasteiger partial charge in [-0.15, -0.1) is 5.10 Å². The Balaban J connectivity index is 1.47. The third-order valence-corrected chi connectivity index (χ3v) is 4.74. The zero-order valence-corrected chi connectivity index (χ0v) is 15.5. The standard InChI is InChI=1S/C19H16F4N6O/c20-15-10-13(5-8-16(15)28-9-1-2-18(28)30)24-11-17-25-26-27-29(17)14-6-3-12(4-7-14)19(21,22)23/h3-8,10,24H,1-2,9,11H2. The van der Waals surface area contributed by atoms with Gasteiger partial charge in [0.2, 0.25) is 5.91 Å². The molecule has 0 spiro atoms. The van der Waals surface area contributed by atoms with Crippen molar-refractivity contribution in [2.45, 2.75) is 25.6 Å². The molecule has 7 nitrogen and oxygen atoms in total. The average molecular weight is 420 g/mol. The zero-order valence-electron chi connectivity index (χ0n) is 15.5. The maximum atomic E-state index is 14.4. The van der Waals surface area contributed by atoms with Crippen LogP contribution in [0.5, 0.6) is 0 Å². The molecule has 1 saturated heterocycles. The van der Waals surface area contributed by atoms with E-state index in [0.717, 1.165) is 12.1 Å². The van der Waals surface area contributed by atoms with Crippen molar-refractivity contribution in [1.29, 1.82) is 0 Å². The third kappa shape index (κ3) is 3.95. The molecule has 0 radical (unpaired) electrons. The molecule has 2 aromatic carbocycles. The van der Waals surface area contributed by atoms with Crippen LogP contribution in [0.2, 0.25) is 0 Å². The molecule has 4 rings (SSSR count). The number of carbonyl (C=O) groups excluding carboxylic acids is 1. The molecule has 0 aliphatic carbocycles. The second-order valence-corrected chi connectivity index (χ2v) is 6.72. The molecule has 1 aromatic heterocycles. The Morgan fingerprint density at radius 1 is 1.10 bits per heavy atom. The predicted molar refractivity (Wildman–Crippen MR) is 99.5 cm³/mol. The number of benzene rings is 2. The van der Waals surface area contributed by atoms with Gasteiger partial charge in [-0.3, -0.25) is 4.79 Å². The number of tetrazole rings is 1. The number of anilines is 2. The number of hydrogen-bond acceptors (Lipinski definition) is 5. The van der Waals surface area contributed by atoms with Crippen LogP contribution in [0.4, 0.5) is 28.9 Å². The Morgan fingerprint density at radius 3 is 2.50 bits per heavy atom. The quantitative estimate of drug-likeness (QED) is 0.639. The molecule has 11 heteroatoms. The third-order valence-electron chi connectivity index (χ3n) is 4.74. The first-order valence-corrected chi connectivity index (χ1v) is 9.11. The topological polar surface area (TPSA) is 75.9 Å². The van der Waals surface area contributed by atoms with Crippen LogP contribution in [0.3, 0.4) is 0 Å². The van der Waals surface area contributed by atoms with Gasteiger partial charge in [0.25, 0.3) is 0 Å². The lowest BCUT2D eigenvalue weighted by molar-refractivity contribution is -0.137. The number of alkyl halides is 3. The highest BCUT2D eigenvalue weighted by molar-refractivity contribution is 5.95. The first-order chi connectivity index (χ1) is 14.3. The maximum Gasteiger partial charge on any atom is 0.416 e. The molecule has 1 fully saturated rings. The van der Waals surface area contributed by atoms with Gasteiger partial charge in [-0.2, -0.15) is 17.9 Å². The van der Waals surface area contributed by atoms with Crippen molar-refractivity contribution >= 4 is 17.3 Å². The minimum atomic E-state index is -4.43. The summed E-state index contributed by atoms with van der Waals surface area (Å²) in [6, 6.07) is 8.86. The van der Waals surface area contributed by atoms with E-state index in [1.807, 2.05) is 0 Å². The lowest BCUT2D eigenvalue weighted by Gasteiger charge is -2.17. The van der Waals surface area contributed by atoms with E-state index in [9.17, 15) is 22.4 Å². The number of nitrogens with zero attached hydrogens (tertiary/aromatic N) is 5. The molecule has 3 aromatic rings. The number of nitrogens with one attached hydrogen (secondary N) is 1. The molecule has 30 heavy (non-hydrogen) atoms. The lowest BCUT2D eigenvalue weighted by atomic mass is 10.2. The van der Waals surface area contributed by atoms with Crippen molar-refractivity contribution in [1.82, 2.24) is 20.2 Å². The summed E-state index contributed by atoms with van der Waals surface area (Å²) in [6.07, 6.45) is -3.32. The number of rotatable bonds is 5. The fourth-order valence-electron chi connectivity index (χ4n) is 3.23. The molecule has 0 bridgehead atoms. The van der Waals surface area contributed by atoms with Gasteiger partial charge in [-0.25, -0.2) is 4.39 Å². The van der Waals surface area contributed by atoms with Gasteiger partial charge in [-0.05, 0) is 59.3 Å². The van der Waals surface area contributed by atoms with Crippen molar-refractivity contribution in [2.75, 3.05) is 16.8 Å². The SMILES string of the molecule is O=C1CCCN1c1ccc(NCc2nnnn2-c2ccc(C(F)(F)F)cc2)cc1F. The molecule has 1 aliphatic heterocycles. The number of carbonyl (C=O) groups is 1. The molecular formula is C19H16F4N6O. The van der Waals surface area contributed by atoms with Crippen LogP contribution in [0, 0.1) is 5.82 Å². The van der Waals surface area contributed by atoms with Crippen molar-refractivity contribution in [2.24, 2.45) is 0 Å². The highest BCUT2D eigenvalue weighted by Gasteiger charge is 2.30. The molecule has 0 unspecified atom stereocenters. The van der Waals surface area contributed by atoms with E-state index in [1.54, 1.807) is 6.07 Å². The summed E-state index contributed by atoms with van der Waals surface area (Å²) in [6.45, 7) is 0.597. The van der Waals surface area contributed by atoms with Crippen molar-refractivity contribution in [3.63, 3.8) is 0 Å². The predicted octanol–water partition coefficient (Wildman–Crippen LogP) is 3.56. The Labute approximate surface area is 168 Å². The zero-order chi connectivity index (χ0) is 21.3. The highest BCUT2D eigenvalue weighted by atomic mass is 19.4. The van der Waals surface area contributed by atoms with E-state index in [1.165, 1.54) is 33.8 Å². The fraction of sp³-hybridized carbons (Fsp3) is 0.263. The molecule has 1 aliphatic rings. The number of amides is 1. The summed E-state index contributed by atoms with van der Waals surface area (Å²) in [7, 11) is 0. The van der Waals surface area contributed by atoms with Crippen LogP contribution in [-0.2, 0) is 17.5 Å². The molecular weight excluding hydrogens is 404 g/mol. The van der Waals surface area contributed by atoms with Crippen LogP contribution in [-0.4, -0.2) is 32.7 Å². The van der Waals surface area contributed by atoms with Crippen LogP contribution in [0.1, 0.15) is 24.2 Å². The second-order valence-electron chi connectivity index (χ2n) is 6.72. The first kappa shape index (κ1) is 19.8. The van der Waals surface area contributed by atoms with E-state index < -0.39 is 17.6 Å². The van der Waals surface area contributed by atoms with Crippen LogP contribution in [0.15, 0.2) is 42.5 Å². The van der Waals surface area contributed by atoms with Crippen LogP contribution in [0.25, 0.3) is 5.69 Å². The molecule has 156 valence electrons. The molecule has 1 amide bonds. The van der Waals surface area contributed by atoms with Crippen LogP contribution >= 0.6 is 0 Å². The fourth-order valence-corrected chi connectivity index (χ4v) is 3.23. The van der Waals surface area contributed by atoms with Gasteiger partial charge < -0.3 is 10.2 Å². The Kier molecular flexibility index (Phi) is 5.10. The normalized spacial score (nSPS) is 14.4. The minimum absolute atomic E-state index is 0.106. The van der Waals surface area contributed by atoms with Gasteiger partial charge in [-0.1, -0.05) is 0 Å². The summed E-state index contributed by atoms with van der Waals surface area (Å²) in [4.78, 5) is 13.2.